The third-order valence-electron chi connectivity index (χ3n) is 4.10. The fourth-order valence-corrected chi connectivity index (χ4v) is 2.90. The summed E-state index contributed by atoms with van der Waals surface area (Å²) < 4.78 is 15.1. The summed E-state index contributed by atoms with van der Waals surface area (Å²) >= 11 is 0. The molecule has 1 aliphatic heterocycles. The van der Waals surface area contributed by atoms with E-state index in [1.165, 1.54) is 14.2 Å². The Bertz CT molecular complexity index is 837. The van der Waals surface area contributed by atoms with E-state index in [2.05, 4.69) is 4.98 Å². The molecule has 0 bridgehead atoms. The van der Waals surface area contributed by atoms with Gasteiger partial charge in [0, 0.05) is 22.8 Å². The summed E-state index contributed by atoms with van der Waals surface area (Å²) in [6.45, 7) is 2.09. The van der Waals surface area contributed by atoms with Crippen molar-refractivity contribution in [3.05, 3.63) is 41.2 Å². The normalized spacial score (nSPS) is 14.9. The molecular weight excluding hydrogens is 312 g/mol. The first kappa shape index (κ1) is 16.1. The second-order valence-corrected chi connectivity index (χ2v) is 5.36. The molecule has 0 unspecified atom stereocenters. The molecule has 1 N–H and O–H groups in total. The summed E-state index contributed by atoms with van der Waals surface area (Å²) in [5.41, 5.74) is 3.01. The third kappa shape index (κ3) is 2.52. The van der Waals surface area contributed by atoms with Crippen molar-refractivity contribution in [3.63, 3.8) is 0 Å². The lowest BCUT2D eigenvalue weighted by molar-refractivity contribution is -0.140. The standard InChI is InChI=1S/C17H18N2O5/c1-10-11-6-7-18-13(11)4-5-14(10)19-9-24-8-12(16(20)22-2)15(19)17(21)23-3/h4-7,18H,8-9H2,1-3H3. The van der Waals surface area contributed by atoms with Crippen LogP contribution < -0.4 is 4.90 Å². The van der Waals surface area contributed by atoms with Gasteiger partial charge < -0.3 is 24.1 Å². The van der Waals surface area contributed by atoms with Crippen LogP contribution in [0.5, 0.6) is 0 Å². The van der Waals surface area contributed by atoms with Crippen molar-refractivity contribution in [2.45, 2.75) is 6.92 Å². The maximum atomic E-state index is 12.3. The van der Waals surface area contributed by atoms with Gasteiger partial charge >= 0.3 is 11.9 Å². The van der Waals surface area contributed by atoms with Crippen LogP contribution in [0.15, 0.2) is 35.7 Å². The van der Waals surface area contributed by atoms with E-state index in [1.54, 1.807) is 4.90 Å². The molecule has 0 fully saturated rings. The van der Waals surface area contributed by atoms with Gasteiger partial charge in [0.25, 0.3) is 0 Å². The smallest absolute Gasteiger partial charge is 0.355 e. The van der Waals surface area contributed by atoms with E-state index >= 15 is 0 Å². The quantitative estimate of drug-likeness (QED) is 0.866. The van der Waals surface area contributed by atoms with Gasteiger partial charge in [-0.15, -0.1) is 0 Å². The second-order valence-electron chi connectivity index (χ2n) is 5.36. The van der Waals surface area contributed by atoms with Crippen molar-refractivity contribution in [2.24, 2.45) is 0 Å². The Morgan fingerprint density at radius 1 is 1.17 bits per heavy atom. The van der Waals surface area contributed by atoms with Gasteiger partial charge in [-0.3, -0.25) is 0 Å². The highest BCUT2D eigenvalue weighted by molar-refractivity contribution is 6.04. The van der Waals surface area contributed by atoms with E-state index in [1.807, 2.05) is 31.3 Å². The van der Waals surface area contributed by atoms with Crippen LogP contribution in [-0.2, 0) is 23.8 Å². The molecule has 1 aromatic heterocycles. The Morgan fingerprint density at radius 3 is 2.62 bits per heavy atom. The molecule has 7 nitrogen and oxygen atoms in total. The van der Waals surface area contributed by atoms with Crippen LogP contribution in [0.1, 0.15) is 5.56 Å². The van der Waals surface area contributed by atoms with Gasteiger partial charge in [0.05, 0.1) is 26.4 Å². The number of carbonyl (C=O) groups is 2. The van der Waals surface area contributed by atoms with E-state index in [-0.39, 0.29) is 24.6 Å². The van der Waals surface area contributed by atoms with Gasteiger partial charge in [-0.1, -0.05) is 0 Å². The highest BCUT2D eigenvalue weighted by Crippen LogP contribution is 2.33. The summed E-state index contributed by atoms with van der Waals surface area (Å²) in [6, 6.07) is 5.75. The SMILES string of the molecule is COC(=O)C1=C(C(=O)OC)N(c2ccc3[nH]ccc3c2C)COC1. The number of hydrogen-bond donors (Lipinski definition) is 1. The summed E-state index contributed by atoms with van der Waals surface area (Å²) in [7, 11) is 2.54. The molecule has 1 aliphatic rings. The number of fused-ring (bicyclic) bond motifs is 1. The van der Waals surface area contributed by atoms with Crippen LogP contribution in [0, 0.1) is 6.92 Å². The summed E-state index contributed by atoms with van der Waals surface area (Å²) in [5.74, 6) is -1.22. The number of ether oxygens (including phenoxy) is 3. The highest BCUT2D eigenvalue weighted by Gasteiger charge is 2.33. The molecular formula is C17H18N2O5. The van der Waals surface area contributed by atoms with Gasteiger partial charge in [-0.25, -0.2) is 9.59 Å². The molecule has 0 amide bonds. The molecule has 7 heteroatoms. The lowest BCUT2D eigenvalue weighted by Crippen LogP contribution is -2.39. The van der Waals surface area contributed by atoms with Crippen molar-refractivity contribution in [3.8, 4) is 0 Å². The van der Waals surface area contributed by atoms with E-state index in [4.69, 9.17) is 14.2 Å². The Kier molecular flexibility index (Phi) is 4.26. The topological polar surface area (TPSA) is 80.9 Å². The Morgan fingerprint density at radius 2 is 1.92 bits per heavy atom. The van der Waals surface area contributed by atoms with Gasteiger partial charge in [0.1, 0.15) is 12.4 Å². The minimum absolute atomic E-state index is 0.000939. The number of aryl methyl sites for hydroxylation is 1. The van der Waals surface area contributed by atoms with Gasteiger partial charge in [0.15, 0.2) is 0 Å². The van der Waals surface area contributed by atoms with Crippen LogP contribution in [0.25, 0.3) is 10.9 Å². The fourth-order valence-electron chi connectivity index (χ4n) is 2.90. The van der Waals surface area contributed by atoms with Crippen molar-refractivity contribution in [2.75, 3.05) is 32.5 Å². The van der Waals surface area contributed by atoms with E-state index in [9.17, 15) is 9.59 Å². The van der Waals surface area contributed by atoms with Gasteiger partial charge in [-0.05, 0) is 30.7 Å². The monoisotopic (exact) mass is 330 g/mol. The van der Waals surface area contributed by atoms with Crippen LogP contribution in [-0.4, -0.2) is 44.5 Å². The third-order valence-corrected chi connectivity index (χ3v) is 4.10. The van der Waals surface area contributed by atoms with Gasteiger partial charge in [0.2, 0.25) is 0 Å². The fraction of sp³-hybridized carbons (Fsp3) is 0.294. The van der Waals surface area contributed by atoms with E-state index < -0.39 is 11.9 Å². The molecule has 24 heavy (non-hydrogen) atoms. The Hall–Kier alpha value is -2.80. The predicted octanol–water partition coefficient (Wildman–Crippen LogP) is 1.87. The molecule has 1 aromatic carbocycles. The number of anilines is 1. The first-order valence-electron chi connectivity index (χ1n) is 7.40. The number of rotatable bonds is 3. The van der Waals surface area contributed by atoms with Crippen molar-refractivity contribution < 1.29 is 23.8 Å². The minimum atomic E-state index is -0.611. The number of hydrogen-bond acceptors (Lipinski definition) is 6. The Balaban J connectivity index is 2.17. The molecule has 126 valence electrons. The summed E-state index contributed by atoms with van der Waals surface area (Å²) in [5, 5.41) is 1.03. The zero-order chi connectivity index (χ0) is 17.3. The van der Waals surface area contributed by atoms with Crippen LogP contribution in [0.3, 0.4) is 0 Å². The number of aromatic amines is 1. The number of benzene rings is 1. The number of H-pyrrole nitrogens is 1. The van der Waals surface area contributed by atoms with Crippen LogP contribution in [0.2, 0.25) is 0 Å². The maximum Gasteiger partial charge on any atom is 0.355 e. The molecule has 0 spiro atoms. The predicted molar refractivity (Wildman–Crippen MR) is 87.4 cm³/mol. The largest absolute Gasteiger partial charge is 0.466 e. The number of methoxy groups -OCH3 is 2. The maximum absolute atomic E-state index is 12.3. The lowest BCUT2D eigenvalue weighted by Gasteiger charge is -2.32. The number of nitrogens with one attached hydrogen (secondary N) is 1. The van der Waals surface area contributed by atoms with Crippen LogP contribution in [0.4, 0.5) is 5.69 Å². The first-order chi connectivity index (χ1) is 11.6. The lowest BCUT2D eigenvalue weighted by atomic mass is 10.1. The summed E-state index contributed by atoms with van der Waals surface area (Å²) in [4.78, 5) is 29.1. The molecule has 2 aromatic rings. The van der Waals surface area contributed by atoms with E-state index in [0.29, 0.717) is 0 Å². The second kappa shape index (κ2) is 6.37. The zero-order valence-electron chi connectivity index (χ0n) is 13.7. The van der Waals surface area contributed by atoms with E-state index in [0.717, 1.165) is 22.2 Å². The number of nitrogens with zero attached hydrogens (tertiary/aromatic N) is 1. The molecule has 0 saturated heterocycles. The number of aromatic nitrogens is 1. The zero-order valence-corrected chi connectivity index (χ0v) is 13.7. The van der Waals surface area contributed by atoms with Crippen molar-refractivity contribution in [1.82, 2.24) is 4.98 Å². The minimum Gasteiger partial charge on any atom is -0.466 e. The molecule has 0 radical (unpaired) electrons. The molecule has 2 heterocycles. The van der Waals surface area contributed by atoms with Crippen molar-refractivity contribution >= 4 is 28.5 Å². The highest BCUT2D eigenvalue weighted by atomic mass is 16.5. The first-order valence-corrected chi connectivity index (χ1v) is 7.40. The number of carbonyl (C=O) groups excluding carboxylic acids is 2. The van der Waals surface area contributed by atoms with Crippen LogP contribution >= 0.6 is 0 Å². The molecule has 0 saturated carbocycles. The molecule has 0 atom stereocenters. The summed E-state index contributed by atoms with van der Waals surface area (Å²) in [6.07, 6.45) is 1.85. The van der Waals surface area contributed by atoms with Gasteiger partial charge in [-0.2, -0.15) is 0 Å². The average molecular weight is 330 g/mol. The Labute approximate surface area is 138 Å². The molecule has 3 rings (SSSR count). The van der Waals surface area contributed by atoms with Crippen molar-refractivity contribution in [1.29, 1.82) is 0 Å². The number of esters is 2. The average Bonchev–Trinajstić information content (AvgIpc) is 3.09. The molecule has 0 aliphatic carbocycles.